The first-order valence-electron chi connectivity index (χ1n) is 4.21. The lowest BCUT2D eigenvalue weighted by molar-refractivity contribution is 0.485. The van der Waals surface area contributed by atoms with Gasteiger partial charge < -0.3 is 9.73 Å². The van der Waals surface area contributed by atoms with Gasteiger partial charge in [0.15, 0.2) is 4.34 Å². The third-order valence-corrected chi connectivity index (χ3v) is 3.57. The van der Waals surface area contributed by atoms with Crippen molar-refractivity contribution in [3.05, 3.63) is 11.8 Å². The lowest BCUT2D eigenvalue weighted by Gasteiger charge is -1.89. The summed E-state index contributed by atoms with van der Waals surface area (Å²) in [5.74, 6) is 1.82. The van der Waals surface area contributed by atoms with Crippen LogP contribution in [0.2, 0.25) is 0 Å². The van der Waals surface area contributed by atoms with Gasteiger partial charge in [0.25, 0.3) is 0 Å². The Kier molecular flexibility index (Phi) is 3.17. The topological polar surface area (TPSA) is 76.7 Å². The zero-order valence-electron chi connectivity index (χ0n) is 8.22. The average Bonchev–Trinajstić information content (AvgIpc) is 2.83. The van der Waals surface area contributed by atoms with Crippen LogP contribution in [0.3, 0.4) is 0 Å². The Balaban J connectivity index is 1.93. The average molecular weight is 243 g/mol. The molecule has 80 valence electrons. The smallest absolute Gasteiger partial charge is 0.226 e. The molecule has 0 aliphatic rings. The van der Waals surface area contributed by atoms with Crippen LogP contribution in [0.4, 0.5) is 5.13 Å². The predicted molar refractivity (Wildman–Crippen MR) is 58.1 cm³/mol. The van der Waals surface area contributed by atoms with Crippen LogP contribution in [-0.2, 0) is 5.75 Å². The zero-order chi connectivity index (χ0) is 10.7. The van der Waals surface area contributed by atoms with E-state index in [1.807, 2.05) is 7.05 Å². The monoisotopic (exact) mass is 243 g/mol. The third kappa shape index (κ3) is 2.66. The van der Waals surface area contributed by atoms with Gasteiger partial charge in [0.2, 0.25) is 16.9 Å². The molecule has 0 bridgehead atoms. The molecule has 6 nitrogen and oxygen atoms in total. The van der Waals surface area contributed by atoms with Gasteiger partial charge in [0.05, 0.1) is 5.75 Å². The number of aromatic nitrogens is 4. The van der Waals surface area contributed by atoms with E-state index in [2.05, 4.69) is 25.7 Å². The van der Waals surface area contributed by atoms with E-state index in [1.54, 1.807) is 6.92 Å². The minimum absolute atomic E-state index is 0.582. The molecule has 2 heterocycles. The lowest BCUT2D eigenvalue weighted by atomic mass is 10.8. The maximum Gasteiger partial charge on any atom is 0.226 e. The second kappa shape index (κ2) is 4.58. The maximum absolute atomic E-state index is 5.24. The molecule has 2 aromatic rings. The van der Waals surface area contributed by atoms with Gasteiger partial charge in [0, 0.05) is 14.0 Å². The maximum atomic E-state index is 5.24. The van der Waals surface area contributed by atoms with Crippen LogP contribution in [0, 0.1) is 6.92 Å². The number of hydrogen-bond acceptors (Lipinski definition) is 8. The number of hydrogen-bond donors (Lipinski definition) is 1. The van der Waals surface area contributed by atoms with Gasteiger partial charge in [-0.1, -0.05) is 23.1 Å². The summed E-state index contributed by atoms with van der Waals surface area (Å²) < 4.78 is 6.12. The number of nitrogens with one attached hydrogen (secondary N) is 1. The number of nitrogens with zero attached hydrogens (tertiary/aromatic N) is 4. The lowest BCUT2D eigenvalue weighted by Crippen LogP contribution is -1.84. The third-order valence-electron chi connectivity index (χ3n) is 1.51. The van der Waals surface area contributed by atoms with E-state index in [4.69, 9.17) is 4.42 Å². The van der Waals surface area contributed by atoms with Crippen molar-refractivity contribution < 1.29 is 4.42 Å². The van der Waals surface area contributed by atoms with Crippen molar-refractivity contribution in [3.8, 4) is 0 Å². The van der Waals surface area contributed by atoms with Crippen molar-refractivity contribution in [2.75, 3.05) is 12.4 Å². The molecule has 2 rings (SSSR count). The largest absolute Gasteiger partial charge is 0.425 e. The molecule has 0 radical (unpaired) electrons. The normalized spacial score (nSPS) is 10.5. The molecule has 8 heteroatoms. The Bertz CT molecular complexity index is 440. The summed E-state index contributed by atoms with van der Waals surface area (Å²) in [7, 11) is 1.82. The van der Waals surface area contributed by atoms with Crippen molar-refractivity contribution >= 4 is 28.2 Å². The molecule has 0 atom stereocenters. The van der Waals surface area contributed by atoms with Crippen molar-refractivity contribution in [1.29, 1.82) is 0 Å². The Morgan fingerprint density at radius 3 is 2.80 bits per heavy atom. The molecular weight excluding hydrogens is 234 g/mol. The number of thioether (sulfide) groups is 1. The fraction of sp³-hybridized carbons (Fsp3) is 0.429. The van der Waals surface area contributed by atoms with Crippen LogP contribution in [0.1, 0.15) is 11.8 Å². The summed E-state index contributed by atoms with van der Waals surface area (Å²) in [5.41, 5.74) is 0. The van der Waals surface area contributed by atoms with E-state index in [0.29, 0.717) is 17.5 Å². The van der Waals surface area contributed by atoms with Crippen molar-refractivity contribution in [1.82, 2.24) is 20.4 Å². The SMILES string of the molecule is CNc1nnc(SCc2nnc(C)o2)s1. The predicted octanol–water partition coefficient (Wildman–Crippen LogP) is 1.56. The van der Waals surface area contributed by atoms with Gasteiger partial charge in [-0.25, -0.2) is 0 Å². The summed E-state index contributed by atoms with van der Waals surface area (Å²) >= 11 is 3.03. The van der Waals surface area contributed by atoms with Gasteiger partial charge in [-0.05, 0) is 0 Å². The first kappa shape index (κ1) is 10.4. The van der Waals surface area contributed by atoms with E-state index in [-0.39, 0.29) is 0 Å². The highest BCUT2D eigenvalue weighted by Gasteiger charge is 2.07. The highest BCUT2D eigenvalue weighted by atomic mass is 32.2. The Morgan fingerprint density at radius 1 is 1.33 bits per heavy atom. The molecular formula is C7H9N5OS2. The van der Waals surface area contributed by atoms with Gasteiger partial charge in [0.1, 0.15) is 0 Å². The first-order valence-corrected chi connectivity index (χ1v) is 6.01. The van der Waals surface area contributed by atoms with Gasteiger partial charge in [-0.2, -0.15) is 0 Å². The molecule has 0 saturated carbocycles. The van der Waals surface area contributed by atoms with E-state index < -0.39 is 0 Å². The molecule has 0 saturated heterocycles. The van der Waals surface area contributed by atoms with Crippen LogP contribution in [0.15, 0.2) is 8.76 Å². The van der Waals surface area contributed by atoms with Crippen LogP contribution < -0.4 is 5.32 Å². The molecule has 0 unspecified atom stereocenters. The molecule has 0 fully saturated rings. The summed E-state index contributed by atoms with van der Waals surface area (Å²) in [4.78, 5) is 0. The highest BCUT2D eigenvalue weighted by molar-refractivity contribution is 8.00. The van der Waals surface area contributed by atoms with Crippen molar-refractivity contribution in [3.63, 3.8) is 0 Å². The quantitative estimate of drug-likeness (QED) is 0.816. The Morgan fingerprint density at radius 2 is 2.20 bits per heavy atom. The minimum atomic E-state index is 0.582. The fourth-order valence-corrected chi connectivity index (χ4v) is 2.43. The summed E-state index contributed by atoms with van der Waals surface area (Å²) in [6.45, 7) is 1.77. The molecule has 1 N–H and O–H groups in total. The molecule has 0 spiro atoms. The van der Waals surface area contributed by atoms with E-state index in [0.717, 1.165) is 9.47 Å². The fourth-order valence-electron chi connectivity index (χ4n) is 0.888. The molecule has 2 aromatic heterocycles. The van der Waals surface area contributed by atoms with E-state index in [9.17, 15) is 0 Å². The molecule has 15 heavy (non-hydrogen) atoms. The van der Waals surface area contributed by atoms with Crippen LogP contribution in [0.5, 0.6) is 0 Å². The van der Waals surface area contributed by atoms with E-state index in [1.165, 1.54) is 23.1 Å². The Hall–Kier alpha value is -1.15. The summed E-state index contributed by atoms with van der Waals surface area (Å²) in [6.07, 6.45) is 0. The van der Waals surface area contributed by atoms with Crippen molar-refractivity contribution in [2.45, 2.75) is 17.0 Å². The Labute approximate surface area is 94.5 Å². The molecule has 0 aliphatic carbocycles. The number of anilines is 1. The molecule has 0 aromatic carbocycles. The highest BCUT2D eigenvalue weighted by Crippen LogP contribution is 2.27. The standard InChI is InChI=1S/C7H9N5OS2/c1-4-9-10-5(13-4)3-14-7-12-11-6(8-2)15-7/h3H2,1-2H3,(H,8,11). The first-order chi connectivity index (χ1) is 7.28. The zero-order valence-corrected chi connectivity index (χ0v) is 9.85. The van der Waals surface area contributed by atoms with Gasteiger partial charge >= 0.3 is 0 Å². The summed E-state index contributed by atoms with van der Waals surface area (Å²) in [5, 5.41) is 19.3. The van der Waals surface area contributed by atoms with Crippen LogP contribution >= 0.6 is 23.1 Å². The molecule has 0 amide bonds. The van der Waals surface area contributed by atoms with Gasteiger partial charge in [-0.3, -0.25) is 0 Å². The second-order valence-corrected chi connectivity index (χ2v) is 4.83. The van der Waals surface area contributed by atoms with E-state index >= 15 is 0 Å². The van der Waals surface area contributed by atoms with Crippen LogP contribution in [0.25, 0.3) is 0 Å². The number of aryl methyl sites for hydroxylation is 1. The number of rotatable bonds is 4. The second-order valence-electron chi connectivity index (χ2n) is 2.63. The van der Waals surface area contributed by atoms with Gasteiger partial charge in [-0.15, -0.1) is 20.4 Å². The molecule has 0 aliphatic heterocycles. The summed E-state index contributed by atoms with van der Waals surface area (Å²) in [6, 6.07) is 0. The minimum Gasteiger partial charge on any atom is -0.425 e. The van der Waals surface area contributed by atoms with Crippen molar-refractivity contribution in [2.24, 2.45) is 0 Å². The van der Waals surface area contributed by atoms with Crippen LogP contribution in [-0.4, -0.2) is 27.4 Å².